The lowest BCUT2D eigenvalue weighted by Crippen LogP contribution is -2.58. The van der Waals surface area contributed by atoms with Crippen molar-refractivity contribution < 1.29 is 14.1 Å². The topological polar surface area (TPSA) is 70.8 Å². The van der Waals surface area contributed by atoms with Crippen molar-refractivity contribution in [2.75, 3.05) is 38.1 Å². The van der Waals surface area contributed by atoms with Gasteiger partial charge in [0.05, 0.1) is 31.0 Å². The van der Waals surface area contributed by atoms with Crippen LogP contribution in [0.2, 0.25) is 0 Å². The fourth-order valence-electron chi connectivity index (χ4n) is 3.87. The van der Waals surface area contributed by atoms with E-state index < -0.39 is 0 Å². The molecular formula is C20H26N4O3. The minimum absolute atomic E-state index is 0.0524. The van der Waals surface area contributed by atoms with Crippen molar-refractivity contribution in [3.63, 3.8) is 0 Å². The van der Waals surface area contributed by atoms with E-state index in [2.05, 4.69) is 15.4 Å². The number of morpholine rings is 1. The number of ether oxygens (including phenoxy) is 1. The van der Waals surface area contributed by atoms with Crippen LogP contribution in [0.5, 0.6) is 0 Å². The number of rotatable bonds is 3. The van der Waals surface area contributed by atoms with Crippen LogP contribution < -0.4 is 5.32 Å². The van der Waals surface area contributed by atoms with Crippen LogP contribution >= 0.6 is 0 Å². The van der Waals surface area contributed by atoms with Crippen molar-refractivity contribution in [2.24, 2.45) is 0 Å². The van der Waals surface area contributed by atoms with Crippen LogP contribution in [0.15, 0.2) is 40.9 Å². The number of nitrogens with one attached hydrogen (secondary N) is 1. The predicted octanol–water partition coefficient (Wildman–Crippen LogP) is 2.88. The lowest BCUT2D eigenvalue weighted by molar-refractivity contribution is -0.126. The van der Waals surface area contributed by atoms with Gasteiger partial charge in [0.1, 0.15) is 0 Å². The monoisotopic (exact) mass is 370 g/mol. The van der Waals surface area contributed by atoms with E-state index in [1.165, 1.54) is 0 Å². The van der Waals surface area contributed by atoms with Crippen molar-refractivity contribution in [2.45, 2.75) is 31.9 Å². The van der Waals surface area contributed by atoms with Gasteiger partial charge in [-0.2, -0.15) is 0 Å². The number of hydrogen-bond acceptors (Lipinski definition) is 5. The molecule has 2 amide bonds. The van der Waals surface area contributed by atoms with Crippen LogP contribution in [0.1, 0.15) is 24.3 Å². The molecule has 3 heterocycles. The maximum atomic E-state index is 12.6. The lowest BCUT2D eigenvalue weighted by atomic mass is 9.89. The Bertz CT molecular complexity index is 769. The van der Waals surface area contributed by atoms with Crippen LogP contribution in [0.4, 0.5) is 10.5 Å². The van der Waals surface area contributed by atoms with Gasteiger partial charge in [-0.05, 0) is 31.9 Å². The molecule has 2 aromatic rings. The molecule has 4 rings (SSSR count). The minimum atomic E-state index is -0.236. The number of carbonyl (C=O) groups excluding carboxylic acids is 1. The maximum Gasteiger partial charge on any atom is 0.322 e. The molecule has 144 valence electrons. The summed E-state index contributed by atoms with van der Waals surface area (Å²) in [7, 11) is 0. The summed E-state index contributed by atoms with van der Waals surface area (Å²) in [5.74, 6) is 0.900. The van der Waals surface area contributed by atoms with Gasteiger partial charge in [0.25, 0.3) is 0 Å². The molecule has 1 aromatic heterocycles. The first-order chi connectivity index (χ1) is 13.1. The van der Waals surface area contributed by atoms with E-state index in [9.17, 15) is 4.79 Å². The number of aryl methyl sites for hydroxylation is 1. The second-order valence-electron chi connectivity index (χ2n) is 7.46. The molecule has 0 aliphatic carbocycles. The molecule has 1 N–H and O–H groups in total. The lowest BCUT2D eigenvalue weighted by Gasteiger charge is -2.47. The summed E-state index contributed by atoms with van der Waals surface area (Å²) >= 11 is 0. The molecule has 2 aliphatic heterocycles. The zero-order valence-corrected chi connectivity index (χ0v) is 15.7. The summed E-state index contributed by atoms with van der Waals surface area (Å²) in [6.07, 6.45) is 1.82. The number of para-hydroxylation sites is 1. The van der Waals surface area contributed by atoms with E-state index >= 15 is 0 Å². The number of benzene rings is 1. The van der Waals surface area contributed by atoms with Gasteiger partial charge in [-0.1, -0.05) is 23.4 Å². The zero-order chi connectivity index (χ0) is 18.7. The molecule has 0 atom stereocenters. The van der Waals surface area contributed by atoms with E-state index in [1.54, 1.807) is 0 Å². The van der Waals surface area contributed by atoms with Crippen molar-refractivity contribution in [1.29, 1.82) is 0 Å². The molecule has 2 saturated heterocycles. The largest absolute Gasteiger partial charge is 0.371 e. The van der Waals surface area contributed by atoms with Crippen LogP contribution in [0, 0.1) is 6.92 Å². The summed E-state index contributed by atoms with van der Waals surface area (Å²) in [5, 5.41) is 6.93. The average molecular weight is 370 g/mol. The molecule has 0 saturated carbocycles. The molecule has 7 heteroatoms. The Morgan fingerprint density at radius 3 is 2.70 bits per heavy atom. The molecule has 1 aromatic carbocycles. The average Bonchev–Trinajstić information content (AvgIpc) is 3.09. The van der Waals surface area contributed by atoms with Gasteiger partial charge in [0.15, 0.2) is 5.76 Å². The van der Waals surface area contributed by atoms with Crippen LogP contribution in [0.25, 0.3) is 0 Å². The molecule has 27 heavy (non-hydrogen) atoms. The van der Waals surface area contributed by atoms with E-state index in [4.69, 9.17) is 9.26 Å². The third-order valence-electron chi connectivity index (χ3n) is 5.38. The Balaban J connectivity index is 1.32. The standard InChI is InChI=1S/C20H26N4O3/c1-16-13-18(27-22-16)14-23-9-7-20(8-10-23)15-24(11-12-26-20)19(25)21-17-5-3-2-4-6-17/h2-6,13H,7-12,14-15H2,1H3,(H,21,25). The fourth-order valence-corrected chi connectivity index (χ4v) is 3.87. The number of piperidine rings is 1. The van der Waals surface area contributed by atoms with Crippen molar-refractivity contribution in [3.8, 4) is 0 Å². The van der Waals surface area contributed by atoms with Crippen molar-refractivity contribution >= 4 is 11.7 Å². The van der Waals surface area contributed by atoms with E-state index in [-0.39, 0.29) is 11.6 Å². The highest BCUT2D eigenvalue weighted by molar-refractivity contribution is 5.89. The normalized spacial score (nSPS) is 20.0. The molecule has 1 spiro atoms. The fraction of sp³-hybridized carbons (Fsp3) is 0.500. The number of nitrogens with zero attached hydrogens (tertiary/aromatic N) is 3. The van der Waals surface area contributed by atoms with Gasteiger partial charge >= 0.3 is 6.03 Å². The highest BCUT2D eigenvalue weighted by Crippen LogP contribution is 2.31. The SMILES string of the molecule is Cc1cc(CN2CCC3(CC2)CN(C(=O)Nc2ccccc2)CCO3)on1. The number of urea groups is 1. The Kier molecular flexibility index (Phi) is 5.13. The van der Waals surface area contributed by atoms with E-state index in [0.717, 1.165) is 49.6 Å². The minimum Gasteiger partial charge on any atom is -0.371 e. The van der Waals surface area contributed by atoms with E-state index in [0.29, 0.717) is 19.7 Å². The highest BCUT2D eigenvalue weighted by Gasteiger charge is 2.41. The van der Waals surface area contributed by atoms with Gasteiger partial charge in [-0.15, -0.1) is 0 Å². The quantitative estimate of drug-likeness (QED) is 0.900. The summed E-state index contributed by atoms with van der Waals surface area (Å²) in [5.41, 5.74) is 1.49. The van der Waals surface area contributed by atoms with Gasteiger partial charge in [0.2, 0.25) is 0 Å². The molecule has 7 nitrogen and oxygen atoms in total. The Labute approximate surface area is 159 Å². The summed E-state index contributed by atoms with van der Waals surface area (Å²) in [4.78, 5) is 16.9. The smallest absolute Gasteiger partial charge is 0.322 e. The highest BCUT2D eigenvalue weighted by atomic mass is 16.5. The molecule has 2 fully saturated rings. The van der Waals surface area contributed by atoms with Gasteiger partial charge in [-0.3, -0.25) is 4.90 Å². The molecule has 0 unspecified atom stereocenters. The van der Waals surface area contributed by atoms with Crippen molar-refractivity contribution in [1.82, 2.24) is 15.0 Å². The zero-order valence-electron chi connectivity index (χ0n) is 15.7. The number of carbonyl (C=O) groups is 1. The third-order valence-corrected chi connectivity index (χ3v) is 5.38. The Morgan fingerprint density at radius 2 is 2.00 bits per heavy atom. The Hall–Kier alpha value is -2.38. The predicted molar refractivity (Wildman–Crippen MR) is 101 cm³/mol. The summed E-state index contributed by atoms with van der Waals surface area (Å²) in [6, 6.07) is 11.5. The van der Waals surface area contributed by atoms with Crippen LogP contribution in [0.3, 0.4) is 0 Å². The second-order valence-corrected chi connectivity index (χ2v) is 7.46. The van der Waals surface area contributed by atoms with Crippen LogP contribution in [-0.2, 0) is 11.3 Å². The second kappa shape index (κ2) is 7.70. The summed E-state index contributed by atoms with van der Waals surface area (Å²) < 4.78 is 11.5. The number of likely N-dealkylation sites (tertiary alicyclic amines) is 1. The summed E-state index contributed by atoms with van der Waals surface area (Å²) in [6.45, 7) is 6.41. The number of hydrogen-bond donors (Lipinski definition) is 1. The maximum absolute atomic E-state index is 12.6. The van der Waals surface area contributed by atoms with Crippen LogP contribution in [-0.4, -0.2) is 59.4 Å². The van der Waals surface area contributed by atoms with E-state index in [1.807, 2.05) is 48.2 Å². The first kappa shape index (κ1) is 18.0. The molecular weight excluding hydrogens is 344 g/mol. The molecule has 0 bridgehead atoms. The van der Waals surface area contributed by atoms with Gasteiger partial charge in [-0.25, -0.2) is 4.79 Å². The van der Waals surface area contributed by atoms with Crippen molar-refractivity contribution in [3.05, 3.63) is 47.9 Å². The third kappa shape index (κ3) is 4.31. The first-order valence-electron chi connectivity index (χ1n) is 9.51. The molecule has 2 aliphatic rings. The molecule has 0 radical (unpaired) electrons. The number of aromatic nitrogens is 1. The Morgan fingerprint density at radius 1 is 1.22 bits per heavy atom. The number of amides is 2. The first-order valence-corrected chi connectivity index (χ1v) is 9.51. The van der Waals surface area contributed by atoms with Gasteiger partial charge < -0.3 is 19.5 Å². The number of anilines is 1. The van der Waals surface area contributed by atoms with Gasteiger partial charge in [0, 0.05) is 31.4 Å².